The highest BCUT2D eigenvalue weighted by molar-refractivity contribution is 7.89. The molecule has 0 fully saturated rings. The molecule has 0 spiro atoms. The van der Waals surface area contributed by atoms with Crippen LogP contribution in [-0.2, 0) is 23.2 Å². The Morgan fingerprint density at radius 2 is 1.58 bits per heavy atom. The smallest absolute Gasteiger partial charge is 0.251 e. The SMILES string of the molecule is CC(C)NS(=O)(=O)c1ccc(C(=O)NCc2cccc(OCc3ccccc3)c2)cc1. The molecule has 3 rings (SSSR count). The molecule has 1 amide bonds. The van der Waals surface area contributed by atoms with Crippen molar-refractivity contribution in [2.45, 2.75) is 37.9 Å². The molecule has 0 unspecified atom stereocenters. The zero-order chi connectivity index (χ0) is 22.3. The number of rotatable bonds is 9. The number of carbonyl (C=O) groups is 1. The van der Waals surface area contributed by atoms with Gasteiger partial charge in [0.25, 0.3) is 5.91 Å². The van der Waals surface area contributed by atoms with Crippen LogP contribution in [0.15, 0.2) is 83.8 Å². The first-order valence-electron chi connectivity index (χ1n) is 10.00. The maximum atomic E-state index is 12.4. The molecule has 0 aliphatic rings. The molecule has 0 saturated carbocycles. The van der Waals surface area contributed by atoms with E-state index in [1.165, 1.54) is 24.3 Å². The third-order valence-electron chi connectivity index (χ3n) is 4.42. The van der Waals surface area contributed by atoms with Crippen molar-refractivity contribution in [1.82, 2.24) is 10.0 Å². The van der Waals surface area contributed by atoms with Gasteiger partial charge in [-0.15, -0.1) is 0 Å². The quantitative estimate of drug-likeness (QED) is 0.531. The summed E-state index contributed by atoms with van der Waals surface area (Å²) in [5.41, 5.74) is 2.37. The van der Waals surface area contributed by atoms with Crippen LogP contribution < -0.4 is 14.8 Å². The van der Waals surface area contributed by atoms with E-state index in [-0.39, 0.29) is 16.8 Å². The van der Waals surface area contributed by atoms with E-state index in [0.717, 1.165) is 16.9 Å². The molecule has 0 aliphatic heterocycles. The van der Waals surface area contributed by atoms with E-state index in [1.807, 2.05) is 54.6 Å². The average Bonchev–Trinajstić information content (AvgIpc) is 2.76. The van der Waals surface area contributed by atoms with Gasteiger partial charge in [0.1, 0.15) is 12.4 Å². The van der Waals surface area contributed by atoms with E-state index in [0.29, 0.717) is 18.7 Å². The number of hydrogen-bond acceptors (Lipinski definition) is 4. The van der Waals surface area contributed by atoms with Gasteiger partial charge in [-0.1, -0.05) is 42.5 Å². The van der Waals surface area contributed by atoms with Crippen LogP contribution in [-0.4, -0.2) is 20.4 Å². The van der Waals surface area contributed by atoms with Gasteiger partial charge < -0.3 is 10.1 Å². The van der Waals surface area contributed by atoms with Crippen LogP contribution in [0.4, 0.5) is 0 Å². The molecule has 0 bridgehead atoms. The van der Waals surface area contributed by atoms with E-state index < -0.39 is 10.0 Å². The van der Waals surface area contributed by atoms with E-state index in [9.17, 15) is 13.2 Å². The highest BCUT2D eigenvalue weighted by Crippen LogP contribution is 2.16. The van der Waals surface area contributed by atoms with Crippen molar-refractivity contribution in [3.8, 4) is 5.75 Å². The second kappa shape index (κ2) is 10.2. The minimum Gasteiger partial charge on any atom is -0.489 e. The Bertz CT molecular complexity index is 1110. The fourth-order valence-corrected chi connectivity index (χ4v) is 4.19. The van der Waals surface area contributed by atoms with Crippen LogP contribution in [0.1, 0.15) is 35.3 Å². The largest absolute Gasteiger partial charge is 0.489 e. The predicted octanol–water partition coefficient (Wildman–Crippen LogP) is 3.88. The number of carbonyl (C=O) groups excluding carboxylic acids is 1. The summed E-state index contributed by atoms with van der Waals surface area (Å²) >= 11 is 0. The summed E-state index contributed by atoms with van der Waals surface area (Å²) in [5.74, 6) is 0.444. The van der Waals surface area contributed by atoms with Crippen molar-refractivity contribution in [2.24, 2.45) is 0 Å². The number of amides is 1. The lowest BCUT2D eigenvalue weighted by Gasteiger charge is -2.11. The molecule has 3 aromatic rings. The first-order valence-corrected chi connectivity index (χ1v) is 11.5. The molecule has 31 heavy (non-hydrogen) atoms. The molecule has 0 atom stereocenters. The summed E-state index contributed by atoms with van der Waals surface area (Å²) in [6.07, 6.45) is 0. The molecule has 0 aliphatic carbocycles. The van der Waals surface area contributed by atoms with E-state index >= 15 is 0 Å². The first-order chi connectivity index (χ1) is 14.8. The van der Waals surface area contributed by atoms with Crippen molar-refractivity contribution in [1.29, 1.82) is 0 Å². The van der Waals surface area contributed by atoms with Crippen LogP contribution in [0.5, 0.6) is 5.75 Å². The third kappa shape index (κ3) is 6.67. The number of nitrogens with one attached hydrogen (secondary N) is 2. The van der Waals surface area contributed by atoms with Crippen LogP contribution in [0.2, 0.25) is 0 Å². The topological polar surface area (TPSA) is 84.5 Å². The monoisotopic (exact) mass is 438 g/mol. The minimum atomic E-state index is -3.58. The van der Waals surface area contributed by atoms with Gasteiger partial charge in [0, 0.05) is 18.2 Å². The van der Waals surface area contributed by atoms with Gasteiger partial charge in [-0.2, -0.15) is 0 Å². The molecule has 162 valence electrons. The maximum Gasteiger partial charge on any atom is 0.251 e. The summed E-state index contributed by atoms with van der Waals surface area (Å²) in [5, 5.41) is 2.85. The fourth-order valence-electron chi connectivity index (χ4n) is 2.93. The van der Waals surface area contributed by atoms with Crippen molar-refractivity contribution < 1.29 is 17.9 Å². The Morgan fingerprint density at radius 3 is 2.26 bits per heavy atom. The third-order valence-corrected chi connectivity index (χ3v) is 6.09. The molecular weight excluding hydrogens is 412 g/mol. The van der Waals surface area contributed by atoms with Gasteiger partial charge in [-0.3, -0.25) is 4.79 Å². The van der Waals surface area contributed by atoms with Crippen molar-refractivity contribution >= 4 is 15.9 Å². The Balaban J connectivity index is 1.57. The minimum absolute atomic E-state index is 0.126. The van der Waals surface area contributed by atoms with Crippen LogP contribution in [0.25, 0.3) is 0 Å². The van der Waals surface area contributed by atoms with Crippen LogP contribution in [0, 0.1) is 0 Å². The van der Waals surface area contributed by atoms with Gasteiger partial charge in [-0.25, -0.2) is 13.1 Å². The van der Waals surface area contributed by atoms with Crippen molar-refractivity contribution in [3.05, 3.63) is 95.6 Å². The van der Waals surface area contributed by atoms with Gasteiger partial charge >= 0.3 is 0 Å². The molecule has 2 N–H and O–H groups in total. The zero-order valence-electron chi connectivity index (χ0n) is 17.5. The molecule has 0 saturated heterocycles. The summed E-state index contributed by atoms with van der Waals surface area (Å²) in [4.78, 5) is 12.6. The van der Waals surface area contributed by atoms with Gasteiger partial charge in [0.2, 0.25) is 10.0 Å². The van der Waals surface area contributed by atoms with E-state index in [4.69, 9.17) is 4.74 Å². The lowest BCUT2D eigenvalue weighted by atomic mass is 10.2. The van der Waals surface area contributed by atoms with Gasteiger partial charge in [-0.05, 0) is 61.4 Å². The summed E-state index contributed by atoms with van der Waals surface area (Å²) < 4.78 is 32.7. The second-order valence-electron chi connectivity index (χ2n) is 7.40. The summed E-state index contributed by atoms with van der Waals surface area (Å²) in [6, 6.07) is 23.1. The Hall–Kier alpha value is -3.16. The standard InChI is InChI=1S/C24H26N2O4S/c1-18(2)26-31(28,29)23-13-11-21(12-14-23)24(27)25-16-20-9-6-10-22(15-20)30-17-19-7-4-3-5-8-19/h3-15,18,26H,16-17H2,1-2H3,(H,25,27). The van der Waals surface area contributed by atoms with Crippen molar-refractivity contribution in [3.63, 3.8) is 0 Å². The lowest BCUT2D eigenvalue weighted by molar-refractivity contribution is 0.0950. The number of hydrogen-bond donors (Lipinski definition) is 2. The second-order valence-corrected chi connectivity index (χ2v) is 9.12. The molecule has 7 heteroatoms. The van der Waals surface area contributed by atoms with Crippen molar-refractivity contribution in [2.75, 3.05) is 0 Å². The molecule has 6 nitrogen and oxygen atoms in total. The molecule has 0 radical (unpaired) electrons. The van der Waals surface area contributed by atoms with Crippen LogP contribution >= 0.6 is 0 Å². The fraction of sp³-hybridized carbons (Fsp3) is 0.208. The van der Waals surface area contributed by atoms with Gasteiger partial charge in [0.15, 0.2) is 0 Å². The maximum absolute atomic E-state index is 12.4. The average molecular weight is 439 g/mol. The Morgan fingerprint density at radius 1 is 0.903 bits per heavy atom. The zero-order valence-corrected chi connectivity index (χ0v) is 18.4. The normalized spacial score (nSPS) is 11.3. The molecule has 3 aromatic carbocycles. The number of benzene rings is 3. The first kappa shape index (κ1) is 22.5. The van der Waals surface area contributed by atoms with Crippen LogP contribution in [0.3, 0.4) is 0 Å². The Kier molecular flexibility index (Phi) is 7.44. The Labute approximate surface area is 183 Å². The number of ether oxygens (including phenoxy) is 1. The van der Waals surface area contributed by atoms with E-state index in [1.54, 1.807) is 13.8 Å². The number of sulfonamides is 1. The highest BCUT2D eigenvalue weighted by atomic mass is 32.2. The van der Waals surface area contributed by atoms with E-state index in [2.05, 4.69) is 10.0 Å². The lowest BCUT2D eigenvalue weighted by Crippen LogP contribution is -2.30. The van der Waals surface area contributed by atoms with Gasteiger partial charge in [0.05, 0.1) is 4.90 Å². The summed E-state index contributed by atoms with van der Waals surface area (Å²) in [7, 11) is -3.58. The highest BCUT2D eigenvalue weighted by Gasteiger charge is 2.16. The predicted molar refractivity (Wildman–Crippen MR) is 120 cm³/mol. The molecule has 0 heterocycles. The molecule has 0 aromatic heterocycles. The summed E-state index contributed by atoms with van der Waals surface area (Å²) in [6.45, 7) is 4.30. The molecular formula is C24H26N2O4S.